The Morgan fingerprint density at radius 2 is 1.73 bits per heavy atom. The molecule has 2 aromatic rings. The Kier molecular flexibility index (Phi) is 9.38. The highest BCUT2D eigenvalue weighted by Gasteiger charge is 2.19. The average Bonchev–Trinajstić information content (AvgIpc) is 2.83. The Balaban J connectivity index is 1.85. The lowest BCUT2D eigenvalue weighted by Gasteiger charge is -2.32. The number of nitrogens with zero attached hydrogens (tertiary/aromatic N) is 2. The Hall–Kier alpha value is -2.32. The summed E-state index contributed by atoms with van der Waals surface area (Å²) in [6.07, 6.45) is 6.10. The Morgan fingerprint density at radius 3 is 2.36 bits per heavy atom. The fraction of sp³-hybridized carbons (Fsp3) is 0.600. The average molecular weight is 475 g/mol. The predicted octanol–water partition coefficient (Wildman–Crippen LogP) is 3.90. The lowest BCUT2D eigenvalue weighted by atomic mass is 9.96. The number of methoxy groups -OCH3 is 2. The van der Waals surface area contributed by atoms with Crippen molar-refractivity contribution >= 4 is 28.2 Å². The lowest BCUT2D eigenvalue weighted by Crippen LogP contribution is -2.47. The van der Waals surface area contributed by atoms with Crippen LogP contribution in [-0.4, -0.2) is 66.3 Å². The van der Waals surface area contributed by atoms with E-state index in [0.717, 1.165) is 55.0 Å². The Labute approximate surface area is 202 Å². The Bertz CT molecular complexity index is 984. The van der Waals surface area contributed by atoms with Gasteiger partial charge in [-0.25, -0.2) is 0 Å². The SMILES string of the molecule is CCN(CC)CCN(Cc1cc2cc(OC)c(OC)cc2[nH]c1=O)C(=S)NC1CCCCC1. The number of hydrogen-bond donors (Lipinski definition) is 2. The third-order valence-electron chi connectivity index (χ3n) is 6.59. The standard InChI is InChI=1S/C25H38N4O3S/c1-5-28(6-2)12-13-29(25(33)26-20-10-8-7-9-11-20)17-19-14-18-15-22(31-3)23(32-4)16-21(18)27-24(19)30/h14-16,20H,5-13,17H2,1-4H3,(H,26,33)(H,27,30). The third kappa shape index (κ3) is 6.60. The second-order valence-electron chi connectivity index (χ2n) is 8.65. The largest absolute Gasteiger partial charge is 0.493 e. The molecule has 0 spiro atoms. The highest BCUT2D eigenvalue weighted by atomic mass is 32.1. The van der Waals surface area contributed by atoms with E-state index in [0.29, 0.717) is 29.6 Å². The minimum Gasteiger partial charge on any atom is -0.493 e. The van der Waals surface area contributed by atoms with Gasteiger partial charge in [0.1, 0.15) is 0 Å². The number of nitrogens with one attached hydrogen (secondary N) is 2. The molecule has 33 heavy (non-hydrogen) atoms. The van der Waals surface area contributed by atoms with Crippen molar-refractivity contribution in [3.8, 4) is 11.5 Å². The zero-order chi connectivity index (χ0) is 23.8. The maximum absolute atomic E-state index is 13.0. The molecule has 0 bridgehead atoms. The molecule has 3 rings (SSSR count). The molecular weight excluding hydrogens is 436 g/mol. The zero-order valence-corrected chi connectivity index (χ0v) is 21.2. The van der Waals surface area contributed by atoms with E-state index in [2.05, 4.69) is 33.9 Å². The number of hydrogen-bond acceptors (Lipinski definition) is 5. The van der Waals surface area contributed by atoms with Crippen LogP contribution in [-0.2, 0) is 6.54 Å². The normalized spacial score (nSPS) is 14.5. The number of likely N-dealkylation sites (N-methyl/N-ethyl adjacent to an activating group) is 1. The van der Waals surface area contributed by atoms with E-state index in [1.54, 1.807) is 20.3 Å². The van der Waals surface area contributed by atoms with Crippen molar-refractivity contribution in [3.05, 3.63) is 34.1 Å². The van der Waals surface area contributed by atoms with Gasteiger partial charge in [0.05, 0.1) is 26.3 Å². The van der Waals surface area contributed by atoms with E-state index in [1.165, 1.54) is 19.3 Å². The number of pyridine rings is 1. The van der Waals surface area contributed by atoms with Gasteiger partial charge in [0, 0.05) is 36.1 Å². The first-order chi connectivity index (χ1) is 16.0. The molecule has 7 nitrogen and oxygen atoms in total. The van der Waals surface area contributed by atoms with Gasteiger partial charge in [-0.1, -0.05) is 33.1 Å². The van der Waals surface area contributed by atoms with Crippen molar-refractivity contribution in [2.45, 2.75) is 58.5 Å². The number of rotatable bonds is 10. The second-order valence-corrected chi connectivity index (χ2v) is 9.04. The predicted molar refractivity (Wildman–Crippen MR) is 138 cm³/mol. The van der Waals surface area contributed by atoms with Crippen LogP contribution >= 0.6 is 12.2 Å². The quantitative estimate of drug-likeness (QED) is 0.506. The first-order valence-electron chi connectivity index (χ1n) is 12.0. The van der Waals surface area contributed by atoms with Crippen molar-refractivity contribution in [1.29, 1.82) is 0 Å². The summed E-state index contributed by atoms with van der Waals surface area (Å²) in [5.74, 6) is 1.22. The number of thiocarbonyl (C=S) groups is 1. The van der Waals surface area contributed by atoms with Crippen molar-refractivity contribution in [2.24, 2.45) is 0 Å². The number of ether oxygens (including phenoxy) is 2. The van der Waals surface area contributed by atoms with Crippen molar-refractivity contribution in [1.82, 2.24) is 20.1 Å². The van der Waals surface area contributed by atoms with Gasteiger partial charge in [-0.3, -0.25) is 4.79 Å². The van der Waals surface area contributed by atoms with Gasteiger partial charge >= 0.3 is 0 Å². The molecule has 8 heteroatoms. The first-order valence-corrected chi connectivity index (χ1v) is 12.5. The molecule has 0 unspecified atom stereocenters. The molecule has 1 fully saturated rings. The van der Waals surface area contributed by atoms with Crippen LogP contribution in [0.25, 0.3) is 10.9 Å². The molecule has 1 aromatic carbocycles. The molecule has 1 heterocycles. The van der Waals surface area contributed by atoms with Gasteiger partial charge in [0.15, 0.2) is 16.6 Å². The van der Waals surface area contributed by atoms with Crippen molar-refractivity contribution in [2.75, 3.05) is 40.4 Å². The molecule has 1 aromatic heterocycles. The third-order valence-corrected chi connectivity index (χ3v) is 6.96. The first kappa shape index (κ1) is 25.3. The summed E-state index contributed by atoms with van der Waals surface area (Å²) in [6, 6.07) is 6.05. The summed E-state index contributed by atoms with van der Waals surface area (Å²) < 4.78 is 10.8. The summed E-state index contributed by atoms with van der Waals surface area (Å²) in [5.41, 5.74) is 1.30. The zero-order valence-electron chi connectivity index (χ0n) is 20.4. The minimum absolute atomic E-state index is 0.108. The van der Waals surface area contributed by atoms with E-state index in [4.69, 9.17) is 21.7 Å². The van der Waals surface area contributed by atoms with Crippen LogP contribution in [0.15, 0.2) is 23.0 Å². The molecule has 1 saturated carbocycles. The van der Waals surface area contributed by atoms with Crippen molar-refractivity contribution < 1.29 is 9.47 Å². The molecule has 1 aliphatic carbocycles. The molecule has 0 atom stereocenters. The minimum atomic E-state index is -0.108. The maximum Gasteiger partial charge on any atom is 0.253 e. The topological polar surface area (TPSA) is 69.8 Å². The summed E-state index contributed by atoms with van der Waals surface area (Å²) in [5, 5.41) is 5.22. The Morgan fingerprint density at radius 1 is 1.06 bits per heavy atom. The number of H-pyrrole nitrogens is 1. The second kappa shape index (κ2) is 12.2. The van der Waals surface area contributed by atoms with Crippen LogP contribution in [0.4, 0.5) is 0 Å². The van der Waals surface area contributed by atoms with Gasteiger partial charge in [0.2, 0.25) is 0 Å². The lowest BCUT2D eigenvalue weighted by molar-refractivity contribution is 0.261. The van der Waals surface area contributed by atoms with E-state index in [9.17, 15) is 4.79 Å². The number of benzene rings is 1. The molecule has 0 aliphatic heterocycles. The van der Waals surface area contributed by atoms with Gasteiger partial charge < -0.3 is 29.6 Å². The summed E-state index contributed by atoms with van der Waals surface area (Å²) in [4.78, 5) is 20.5. The van der Waals surface area contributed by atoms with Crippen LogP contribution in [0.2, 0.25) is 0 Å². The smallest absolute Gasteiger partial charge is 0.253 e. The van der Waals surface area contributed by atoms with Crippen LogP contribution in [0.5, 0.6) is 11.5 Å². The molecule has 0 saturated heterocycles. The molecule has 0 amide bonds. The molecular formula is C25H38N4O3S. The van der Waals surface area contributed by atoms with Gasteiger partial charge in [0.25, 0.3) is 5.56 Å². The molecule has 0 radical (unpaired) electrons. The fourth-order valence-electron chi connectivity index (χ4n) is 4.47. The number of aromatic amines is 1. The van der Waals surface area contributed by atoms with Gasteiger partial charge in [-0.15, -0.1) is 0 Å². The van der Waals surface area contributed by atoms with Gasteiger partial charge in [-0.05, 0) is 50.3 Å². The molecule has 182 valence electrons. The van der Waals surface area contributed by atoms with Gasteiger partial charge in [-0.2, -0.15) is 0 Å². The van der Waals surface area contributed by atoms with E-state index in [1.807, 2.05) is 12.1 Å². The maximum atomic E-state index is 13.0. The van der Waals surface area contributed by atoms with E-state index in [-0.39, 0.29) is 5.56 Å². The monoisotopic (exact) mass is 474 g/mol. The summed E-state index contributed by atoms with van der Waals surface area (Å²) in [6.45, 7) is 8.44. The van der Waals surface area contributed by atoms with E-state index >= 15 is 0 Å². The van der Waals surface area contributed by atoms with Crippen LogP contribution in [0.3, 0.4) is 0 Å². The summed E-state index contributed by atoms with van der Waals surface area (Å²) >= 11 is 5.84. The van der Waals surface area contributed by atoms with Crippen molar-refractivity contribution in [3.63, 3.8) is 0 Å². The highest BCUT2D eigenvalue weighted by Crippen LogP contribution is 2.31. The summed E-state index contributed by atoms with van der Waals surface area (Å²) in [7, 11) is 3.20. The van der Waals surface area contributed by atoms with E-state index < -0.39 is 0 Å². The molecule has 1 aliphatic rings. The number of fused-ring (bicyclic) bond motifs is 1. The van der Waals surface area contributed by atoms with Crippen LogP contribution in [0, 0.1) is 0 Å². The highest BCUT2D eigenvalue weighted by molar-refractivity contribution is 7.80. The fourth-order valence-corrected chi connectivity index (χ4v) is 4.79. The number of aromatic nitrogens is 1. The van der Waals surface area contributed by atoms with Crippen LogP contribution in [0.1, 0.15) is 51.5 Å². The van der Waals surface area contributed by atoms with Crippen LogP contribution < -0.4 is 20.3 Å². The molecule has 2 N–H and O–H groups in total.